The number of unbranched alkanes of at least 4 members (excludes halogenated alkanes) is 2. The standard InChI is InChI=1S/C13H28N2O/c1-4-5-6-7-11(2)15-8-9-16-13(10-15)12(3)14/h11-13H,4-10,14H2,1-3H3. The lowest BCUT2D eigenvalue weighted by molar-refractivity contribution is -0.0504. The predicted molar refractivity (Wildman–Crippen MR) is 68.6 cm³/mol. The maximum atomic E-state index is 5.90. The number of nitrogens with zero attached hydrogens (tertiary/aromatic N) is 1. The van der Waals surface area contributed by atoms with Crippen molar-refractivity contribution >= 4 is 0 Å². The lowest BCUT2D eigenvalue weighted by Gasteiger charge is -2.38. The first-order chi connectivity index (χ1) is 7.65. The minimum Gasteiger partial charge on any atom is -0.374 e. The van der Waals surface area contributed by atoms with Crippen LogP contribution < -0.4 is 5.73 Å². The molecular formula is C13H28N2O. The predicted octanol–water partition coefficient (Wildman–Crippen LogP) is 2.00. The van der Waals surface area contributed by atoms with Crippen molar-refractivity contribution < 1.29 is 4.74 Å². The first kappa shape index (κ1) is 13.9. The Bertz CT molecular complexity index is 185. The van der Waals surface area contributed by atoms with Gasteiger partial charge in [0.2, 0.25) is 0 Å². The molecule has 0 spiro atoms. The van der Waals surface area contributed by atoms with Crippen LogP contribution in [0, 0.1) is 0 Å². The first-order valence-corrected chi connectivity index (χ1v) is 6.76. The third kappa shape index (κ3) is 4.40. The van der Waals surface area contributed by atoms with Crippen LogP contribution in [0.4, 0.5) is 0 Å². The average molecular weight is 228 g/mol. The maximum absolute atomic E-state index is 5.90. The molecule has 1 heterocycles. The molecule has 0 bridgehead atoms. The third-order valence-corrected chi connectivity index (χ3v) is 3.56. The number of nitrogens with two attached hydrogens (primary N) is 1. The number of ether oxygens (including phenoxy) is 1. The summed E-state index contributed by atoms with van der Waals surface area (Å²) in [5, 5.41) is 0. The van der Waals surface area contributed by atoms with Crippen LogP contribution in [0.25, 0.3) is 0 Å². The molecule has 0 amide bonds. The fraction of sp³-hybridized carbons (Fsp3) is 1.00. The molecule has 96 valence electrons. The van der Waals surface area contributed by atoms with Crippen molar-refractivity contribution in [2.45, 2.75) is 64.6 Å². The van der Waals surface area contributed by atoms with Crippen LogP contribution in [-0.2, 0) is 4.74 Å². The second-order valence-corrected chi connectivity index (χ2v) is 5.11. The Morgan fingerprint density at radius 1 is 1.38 bits per heavy atom. The smallest absolute Gasteiger partial charge is 0.0850 e. The van der Waals surface area contributed by atoms with E-state index in [-0.39, 0.29) is 12.1 Å². The van der Waals surface area contributed by atoms with E-state index in [0.717, 1.165) is 19.7 Å². The highest BCUT2D eigenvalue weighted by atomic mass is 16.5. The van der Waals surface area contributed by atoms with Gasteiger partial charge in [-0.2, -0.15) is 0 Å². The molecule has 1 aliphatic heterocycles. The first-order valence-electron chi connectivity index (χ1n) is 6.76. The Hall–Kier alpha value is -0.120. The minimum absolute atomic E-state index is 0.144. The molecule has 1 fully saturated rings. The lowest BCUT2D eigenvalue weighted by Crippen LogP contribution is -2.52. The summed E-state index contributed by atoms with van der Waals surface area (Å²) >= 11 is 0. The maximum Gasteiger partial charge on any atom is 0.0850 e. The lowest BCUT2D eigenvalue weighted by atomic mass is 10.1. The molecule has 2 N–H and O–H groups in total. The number of rotatable bonds is 6. The molecule has 16 heavy (non-hydrogen) atoms. The number of hydrogen-bond donors (Lipinski definition) is 1. The Labute approximate surface area is 100 Å². The molecule has 3 nitrogen and oxygen atoms in total. The molecule has 3 unspecified atom stereocenters. The van der Waals surface area contributed by atoms with Gasteiger partial charge in [-0.25, -0.2) is 0 Å². The Morgan fingerprint density at radius 2 is 2.12 bits per heavy atom. The van der Waals surface area contributed by atoms with Gasteiger partial charge in [0.1, 0.15) is 0 Å². The zero-order chi connectivity index (χ0) is 12.0. The summed E-state index contributed by atoms with van der Waals surface area (Å²) in [7, 11) is 0. The highest BCUT2D eigenvalue weighted by Gasteiger charge is 2.25. The Kier molecular flexibility index (Phi) is 6.32. The number of morpholine rings is 1. The number of hydrogen-bond acceptors (Lipinski definition) is 3. The molecule has 3 atom stereocenters. The molecule has 0 saturated carbocycles. The van der Waals surface area contributed by atoms with Gasteiger partial charge in [0.15, 0.2) is 0 Å². The summed E-state index contributed by atoms with van der Waals surface area (Å²) in [5.41, 5.74) is 5.90. The van der Waals surface area contributed by atoms with Crippen molar-refractivity contribution in [2.75, 3.05) is 19.7 Å². The quantitative estimate of drug-likeness (QED) is 0.707. The van der Waals surface area contributed by atoms with Gasteiger partial charge in [0.05, 0.1) is 12.7 Å². The van der Waals surface area contributed by atoms with Crippen molar-refractivity contribution in [3.63, 3.8) is 0 Å². The molecule has 1 aliphatic rings. The molecule has 1 saturated heterocycles. The van der Waals surface area contributed by atoms with Crippen molar-refractivity contribution in [1.29, 1.82) is 0 Å². The molecule has 1 rings (SSSR count). The topological polar surface area (TPSA) is 38.5 Å². The van der Waals surface area contributed by atoms with Crippen LogP contribution in [0.2, 0.25) is 0 Å². The van der Waals surface area contributed by atoms with E-state index in [4.69, 9.17) is 10.5 Å². The van der Waals surface area contributed by atoms with Crippen LogP contribution in [-0.4, -0.2) is 42.8 Å². The molecule has 0 aromatic heterocycles. The molecule has 0 aliphatic carbocycles. The van der Waals surface area contributed by atoms with Crippen LogP contribution in [0.5, 0.6) is 0 Å². The second-order valence-electron chi connectivity index (χ2n) is 5.11. The van der Waals surface area contributed by atoms with Crippen LogP contribution in [0.3, 0.4) is 0 Å². The fourth-order valence-electron chi connectivity index (χ4n) is 2.29. The molecule has 3 heteroatoms. The van der Waals surface area contributed by atoms with Crippen LogP contribution >= 0.6 is 0 Å². The van der Waals surface area contributed by atoms with E-state index in [2.05, 4.69) is 18.7 Å². The molecule has 0 aromatic rings. The summed E-state index contributed by atoms with van der Waals surface area (Å²) in [6.45, 7) is 9.53. The van der Waals surface area contributed by atoms with Gasteiger partial charge in [-0.05, 0) is 20.3 Å². The van der Waals surface area contributed by atoms with Gasteiger partial charge in [-0.15, -0.1) is 0 Å². The summed E-state index contributed by atoms with van der Waals surface area (Å²) in [5.74, 6) is 0. The molecule has 0 radical (unpaired) electrons. The van der Waals surface area contributed by atoms with E-state index < -0.39 is 0 Å². The van der Waals surface area contributed by atoms with E-state index in [9.17, 15) is 0 Å². The third-order valence-electron chi connectivity index (χ3n) is 3.56. The normalized spacial score (nSPS) is 26.6. The molecule has 0 aromatic carbocycles. The highest BCUT2D eigenvalue weighted by molar-refractivity contribution is 4.80. The van der Waals surface area contributed by atoms with Crippen molar-refractivity contribution in [3.05, 3.63) is 0 Å². The van der Waals surface area contributed by atoms with Gasteiger partial charge >= 0.3 is 0 Å². The summed E-state index contributed by atoms with van der Waals surface area (Å²) < 4.78 is 5.68. The summed E-state index contributed by atoms with van der Waals surface area (Å²) in [4.78, 5) is 2.53. The van der Waals surface area contributed by atoms with Crippen molar-refractivity contribution in [2.24, 2.45) is 5.73 Å². The molecular weight excluding hydrogens is 200 g/mol. The average Bonchev–Trinajstić information content (AvgIpc) is 2.29. The highest BCUT2D eigenvalue weighted by Crippen LogP contribution is 2.15. The Morgan fingerprint density at radius 3 is 2.75 bits per heavy atom. The van der Waals surface area contributed by atoms with Crippen LogP contribution in [0.15, 0.2) is 0 Å². The van der Waals surface area contributed by atoms with Gasteiger partial charge < -0.3 is 10.5 Å². The zero-order valence-corrected chi connectivity index (χ0v) is 11.1. The van der Waals surface area contributed by atoms with E-state index in [0.29, 0.717) is 6.04 Å². The van der Waals surface area contributed by atoms with Gasteiger partial charge in [0, 0.05) is 25.2 Å². The van der Waals surface area contributed by atoms with Crippen LogP contribution in [0.1, 0.15) is 46.5 Å². The van der Waals surface area contributed by atoms with Gasteiger partial charge in [-0.3, -0.25) is 4.90 Å². The van der Waals surface area contributed by atoms with E-state index in [1.54, 1.807) is 0 Å². The monoisotopic (exact) mass is 228 g/mol. The van der Waals surface area contributed by atoms with Gasteiger partial charge in [0.25, 0.3) is 0 Å². The van der Waals surface area contributed by atoms with Crippen molar-refractivity contribution in [1.82, 2.24) is 4.90 Å². The van der Waals surface area contributed by atoms with E-state index >= 15 is 0 Å². The SMILES string of the molecule is CCCCCC(C)N1CCOC(C(C)N)C1. The Balaban J connectivity index is 2.29. The van der Waals surface area contributed by atoms with E-state index in [1.807, 2.05) is 6.92 Å². The fourth-order valence-corrected chi connectivity index (χ4v) is 2.29. The van der Waals surface area contributed by atoms with E-state index in [1.165, 1.54) is 25.7 Å². The van der Waals surface area contributed by atoms with Crippen molar-refractivity contribution in [3.8, 4) is 0 Å². The zero-order valence-electron chi connectivity index (χ0n) is 11.1. The largest absolute Gasteiger partial charge is 0.374 e. The minimum atomic E-state index is 0.144. The summed E-state index contributed by atoms with van der Waals surface area (Å²) in [6.07, 6.45) is 5.53. The summed E-state index contributed by atoms with van der Waals surface area (Å²) in [6, 6.07) is 0.822. The van der Waals surface area contributed by atoms with Gasteiger partial charge in [-0.1, -0.05) is 26.2 Å². The second kappa shape index (κ2) is 7.25.